The molecule has 7 heteroatoms. The Hall–Kier alpha value is -2.15. The lowest BCUT2D eigenvalue weighted by atomic mass is 9.93. The molecule has 0 aliphatic heterocycles. The number of benzene rings is 1. The fourth-order valence-electron chi connectivity index (χ4n) is 2.23. The normalized spacial score (nSPS) is 11.5. The van der Waals surface area contributed by atoms with Crippen molar-refractivity contribution in [3.05, 3.63) is 33.9 Å². The van der Waals surface area contributed by atoms with Gasteiger partial charge in [-0.25, -0.2) is 0 Å². The third-order valence-electron chi connectivity index (χ3n) is 2.98. The highest BCUT2D eigenvalue weighted by Gasteiger charge is 2.22. The molecule has 21 heavy (non-hydrogen) atoms. The van der Waals surface area contributed by atoms with E-state index in [2.05, 4.69) is 24.1 Å². The van der Waals surface area contributed by atoms with E-state index < -0.39 is 10.8 Å². The van der Waals surface area contributed by atoms with Crippen LogP contribution in [0.3, 0.4) is 0 Å². The summed E-state index contributed by atoms with van der Waals surface area (Å²) in [5.41, 5.74) is 5.45. The predicted octanol–water partition coefficient (Wildman–Crippen LogP) is 1.69. The molecule has 1 aromatic carbocycles. The van der Waals surface area contributed by atoms with Crippen molar-refractivity contribution in [2.24, 2.45) is 11.1 Å². The first-order chi connectivity index (χ1) is 9.62. The van der Waals surface area contributed by atoms with Crippen LogP contribution in [-0.4, -0.2) is 42.9 Å². The number of nitro groups is 1. The Labute approximate surface area is 124 Å². The number of primary amides is 1. The summed E-state index contributed by atoms with van der Waals surface area (Å²) in [6.45, 7) is 5.56. The van der Waals surface area contributed by atoms with Gasteiger partial charge in [0.15, 0.2) is 0 Å². The summed E-state index contributed by atoms with van der Waals surface area (Å²) < 4.78 is 0. The minimum atomic E-state index is -0.683. The predicted molar refractivity (Wildman–Crippen MR) is 82.4 cm³/mol. The topological polar surface area (TPSA) is 102 Å². The van der Waals surface area contributed by atoms with Gasteiger partial charge >= 0.3 is 0 Å². The van der Waals surface area contributed by atoms with Crippen LogP contribution in [0.15, 0.2) is 18.2 Å². The summed E-state index contributed by atoms with van der Waals surface area (Å²) >= 11 is 0. The second kappa shape index (κ2) is 6.53. The minimum absolute atomic E-state index is 0.0558. The zero-order valence-electron chi connectivity index (χ0n) is 12.8. The van der Waals surface area contributed by atoms with Gasteiger partial charge in [0.1, 0.15) is 5.69 Å². The first kappa shape index (κ1) is 16.9. The summed E-state index contributed by atoms with van der Waals surface area (Å²) in [7, 11) is 3.96. The number of rotatable bonds is 7. The highest BCUT2D eigenvalue weighted by Crippen LogP contribution is 2.27. The lowest BCUT2D eigenvalue weighted by molar-refractivity contribution is -0.384. The van der Waals surface area contributed by atoms with Gasteiger partial charge < -0.3 is 16.0 Å². The van der Waals surface area contributed by atoms with Crippen molar-refractivity contribution in [1.29, 1.82) is 0 Å². The van der Waals surface area contributed by atoms with Gasteiger partial charge in [-0.2, -0.15) is 0 Å². The van der Waals surface area contributed by atoms with Crippen LogP contribution in [0.25, 0.3) is 0 Å². The molecule has 7 nitrogen and oxygen atoms in total. The van der Waals surface area contributed by atoms with Crippen molar-refractivity contribution < 1.29 is 9.72 Å². The second-order valence-corrected chi connectivity index (χ2v) is 6.11. The Kier molecular flexibility index (Phi) is 5.26. The molecule has 0 aliphatic carbocycles. The molecule has 1 rings (SSSR count). The van der Waals surface area contributed by atoms with E-state index >= 15 is 0 Å². The van der Waals surface area contributed by atoms with Crippen molar-refractivity contribution >= 4 is 17.3 Å². The van der Waals surface area contributed by atoms with Gasteiger partial charge in [0, 0.05) is 24.7 Å². The summed E-state index contributed by atoms with van der Waals surface area (Å²) in [6, 6.07) is 4.20. The first-order valence-electron chi connectivity index (χ1n) is 6.59. The average molecular weight is 294 g/mol. The first-order valence-corrected chi connectivity index (χ1v) is 6.59. The van der Waals surface area contributed by atoms with Crippen LogP contribution < -0.4 is 11.1 Å². The highest BCUT2D eigenvalue weighted by atomic mass is 16.6. The molecule has 1 amide bonds. The second-order valence-electron chi connectivity index (χ2n) is 6.11. The number of carbonyl (C=O) groups excluding carboxylic acids is 1. The van der Waals surface area contributed by atoms with E-state index in [1.54, 1.807) is 0 Å². The van der Waals surface area contributed by atoms with E-state index in [0.29, 0.717) is 12.2 Å². The van der Waals surface area contributed by atoms with Gasteiger partial charge in [-0.3, -0.25) is 14.9 Å². The molecule has 0 radical (unpaired) electrons. The van der Waals surface area contributed by atoms with Crippen LogP contribution in [0.5, 0.6) is 0 Å². The van der Waals surface area contributed by atoms with Gasteiger partial charge in [-0.15, -0.1) is 0 Å². The molecule has 0 fully saturated rings. The van der Waals surface area contributed by atoms with Crippen LogP contribution in [-0.2, 0) is 0 Å². The summed E-state index contributed by atoms with van der Waals surface area (Å²) in [4.78, 5) is 23.7. The molecule has 0 atom stereocenters. The molecule has 0 saturated heterocycles. The van der Waals surface area contributed by atoms with Gasteiger partial charge in [0.2, 0.25) is 5.91 Å². The Bertz CT molecular complexity index is 541. The Morgan fingerprint density at radius 2 is 2.05 bits per heavy atom. The van der Waals surface area contributed by atoms with Crippen molar-refractivity contribution in [2.45, 2.75) is 13.8 Å². The molecule has 116 valence electrons. The maximum absolute atomic E-state index is 11.1. The van der Waals surface area contributed by atoms with E-state index in [1.807, 2.05) is 14.1 Å². The number of nitrogens with one attached hydrogen (secondary N) is 1. The van der Waals surface area contributed by atoms with Crippen LogP contribution in [0.1, 0.15) is 24.2 Å². The smallest absolute Gasteiger partial charge is 0.293 e. The number of nitro benzene ring substituents is 1. The third kappa shape index (κ3) is 5.03. The zero-order chi connectivity index (χ0) is 16.2. The number of hydrogen-bond donors (Lipinski definition) is 2. The Balaban J connectivity index is 2.93. The summed E-state index contributed by atoms with van der Waals surface area (Å²) in [6.07, 6.45) is 0. The number of carbonyl (C=O) groups is 1. The molecule has 0 saturated carbocycles. The maximum atomic E-state index is 11.1. The Morgan fingerprint density at radius 1 is 1.43 bits per heavy atom. The summed E-state index contributed by atoms with van der Waals surface area (Å²) in [5.74, 6) is -0.683. The van der Waals surface area contributed by atoms with E-state index in [0.717, 1.165) is 6.54 Å². The number of nitrogens with two attached hydrogens (primary N) is 1. The van der Waals surface area contributed by atoms with Crippen molar-refractivity contribution in [3.8, 4) is 0 Å². The number of hydrogen-bond acceptors (Lipinski definition) is 5. The van der Waals surface area contributed by atoms with E-state index in [1.165, 1.54) is 18.2 Å². The minimum Gasteiger partial charge on any atom is -0.379 e. The SMILES string of the molecule is CN(C)CC(C)(C)CNc1ccc(C(N)=O)cc1[N+](=O)[O-]. The molecule has 0 unspecified atom stereocenters. The van der Waals surface area contributed by atoms with Gasteiger partial charge in [-0.05, 0) is 31.6 Å². The molecule has 0 aromatic heterocycles. The molecule has 1 aromatic rings. The van der Waals surface area contributed by atoms with Crippen molar-refractivity contribution in [1.82, 2.24) is 4.90 Å². The lowest BCUT2D eigenvalue weighted by Gasteiger charge is -2.28. The van der Waals surface area contributed by atoms with Crippen molar-refractivity contribution in [3.63, 3.8) is 0 Å². The number of anilines is 1. The van der Waals surface area contributed by atoms with Gasteiger partial charge in [-0.1, -0.05) is 13.8 Å². The molecule has 3 N–H and O–H groups in total. The van der Waals surface area contributed by atoms with E-state index in [9.17, 15) is 14.9 Å². The molecular formula is C14H22N4O3. The molecule has 0 aliphatic rings. The molecule has 0 spiro atoms. The fourth-order valence-corrected chi connectivity index (χ4v) is 2.23. The number of nitrogens with zero attached hydrogens (tertiary/aromatic N) is 2. The van der Waals surface area contributed by atoms with Crippen LogP contribution >= 0.6 is 0 Å². The monoisotopic (exact) mass is 294 g/mol. The van der Waals surface area contributed by atoms with E-state index in [-0.39, 0.29) is 16.7 Å². The van der Waals surface area contributed by atoms with Crippen LogP contribution in [0, 0.1) is 15.5 Å². The zero-order valence-corrected chi connectivity index (χ0v) is 12.8. The standard InChI is InChI=1S/C14H22N4O3/c1-14(2,9-17(3)4)8-16-11-6-5-10(13(15)19)7-12(11)18(20)21/h5-7,16H,8-9H2,1-4H3,(H2,15,19). The highest BCUT2D eigenvalue weighted by molar-refractivity contribution is 5.94. The van der Waals surface area contributed by atoms with Gasteiger partial charge in [0.25, 0.3) is 5.69 Å². The lowest BCUT2D eigenvalue weighted by Crippen LogP contribution is -2.34. The fraction of sp³-hybridized carbons (Fsp3) is 0.500. The third-order valence-corrected chi connectivity index (χ3v) is 2.98. The molecule has 0 bridgehead atoms. The molecule has 0 heterocycles. The summed E-state index contributed by atoms with van der Waals surface area (Å²) in [5, 5.41) is 14.2. The average Bonchev–Trinajstić information content (AvgIpc) is 2.34. The van der Waals surface area contributed by atoms with E-state index in [4.69, 9.17) is 5.73 Å². The quantitative estimate of drug-likeness (QED) is 0.588. The molecular weight excluding hydrogens is 272 g/mol. The van der Waals surface area contributed by atoms with Gasteiger partial charge in [0.05, 0.1) is 4.92 Å². The van der Waals surface area contributed by atoms with Crippen molar-refractivity contribution in [2.75, 3.05) is 32.5 Å². The maximum Gasteiger partial charge on any atom is 0.293 e. The van der Waals surface area contributed by atoms with Crippen LogP contribution in [0.4, 0.5) is 11.4 Å². The Morgan fingerprint density at radius 3 is 2.52 bits per heavy atom. The largest absolute Gasteiger partial charge is 0.379 e. The van der Waals surface area contributed by atoms with Crippen LogP contribution in [0.2, 0.25) is 0 Å². The number of amides is 1.